The minimum atomic E-state index is -0.138. The van der Waals surface area contributed by atoms with Crippen molar-refractivity contribution in [3.63, 3.8) is 0 Å². The van der Waals surface area contributed by atoms with Gasteiger partial charge in [0.15, 0.2) is 0 Å². The van der Waals surface area contributed by atoms with Crippen LogP contribution < -0.4 is 4.90 Å². The van der Waals surface area contributed by atoms with Crippen LogP contribution in [-0.2, 0) is 9.53 Å². The van der Waals surface area contributed by atoms with Crippen LogP contribution in [0, 0.1) is 17.2 Å². The average Bonchev–Trinajstić information content (AvgIpc) is 2.46. The maximum Gasteiger partial charge on any atom is 0.308 e. The SMILES string of the molecule is COC(=O)C1CCN(c2cnccc2C#N)CC1. The molecule has 0 atom stereocenters. The second kappa shape index (κ2) is 5.50. The number of esters is 1. The summed E-state index contributed by atoms with van der Waals surface area (Å²) in [4.78, 5) is 17.6. The molecule has 5 heteroatoms. The van der Waals surface area contributed by atoms with Gasteiger partial charge < -0.3 is 9.64 Å². The van der Waals surface area contributed by atoms with E-state index in [1.54, 1.807) is 18.5 Å². The van der Waals surface area contributed by atoms with Crippen LogP contribution in [0.2, 0.25) is 0 Å². The summed E-state index contributed by atoms with van der Waals surface area (Å²) in [5.41, 5.74) is 1.48. The van der Waals surface area contributed by atoms with Crippen LogP contribution >= 0.6 is 0 Å². The van der Waals surface area contributed by atoms with E-state index in [1.807, 2.05) is 0 Å². The van der Waals surface area contributed by atoms with Crippen molar-refractivity contribution in [3.05, 3.63) is 24.0 Å². The lowest BCUT2D eigenvalue weighted by Gasteiger charge is -2.32. The fourth-order valence-corrected chi connectivity index (χ4v) is 2.26. The molecule has 0 saturated carbocycles. The number of ether oxygens (including phenoxy) is 1. The molecule has 94 valence electrons. The number of carbonyl (C=O) groups is 1. The highest BCUT2D eigenvalue weighted by Crippen LogP contribution is 2.25. The Morgan fingerprint density at radius 1 is 1.56 bits per heavy atom. The maximum atomic E-state index is 11.4. The average molecular weight is 245 g/mol. The molecule has 1 aromatic heterocycles. The summed E-state index contributed by atoms with van der Waals surface area (Å²) in [5.74, 6) is -0.158. The number of nitriles is 1. The highest BCUT2D eigenvalue weighted by atomic mass is 16.5. The van der Waals surface area contributed by atoms with Crippen molar-refractivity contribution in [2.45, 2.75) is 12.8 Å². The third-order valence-corrected chi connectivity index (χ3v) is 3.29. The third kappa shape index (κ3) is 2.43. The van der Waals surface area contributed by atoms with Gasteiger partial charge in [-0.1, -0.05) is 0 Å². The first kappa shape index (κ1) is 12.4. The number of anilines is 1. The lowest BCUT2D eigenvalue weighted by Crippen LogP contribution is -2.37. The Morgan fingerprint density at radius 2 is 2.28 bits per heavy atom. The van der Waals surface area contributed by atoms with Crippen molar-refractivity contribution in [1.29, 1.82) is 5.26 Å². The first-order valence-electron chi connectivity index (χ1n) is 5.93. The number of carbonyl (C=O) groups excluding carboxylic acids is 1. The summed E-state index contributed by atoms with van der Waals surface area (Å²) in [6, 6.07) is 3.87. The predicted octanol–water partition coefficient (Wildman–Crippen LogP) is 1.34. The van der Waals surface area contributed by atoms with Crippen LogP contribution in [0.1, 0.15) is 18.4 Å². The van der Waals surface area contributed by atoms with Gasteiger partial charge >= 0.3 is 5.97 Å². The van der Waals surface area contributed by atoms with E-state index in [0.717, 1.165) is 31.6 Å². The summed E-state index contributed by atoms with van der Waals surface area (Å²) < 4.78 is 4.75. The fourth-order valence-electron chi connectivity index (χ4n) is 2.26. The molecule has 0 aromatic carbocycles. The number of pyridine rings is 1. The number of methoxy groups -OCH3 is 1. The van der Waals surface area contributed by atoms with E-state index in [-0.39, 0.29) is 11.9 Å². The summed E-state index contributed by atoms with van der Waals surface area (Å²) >= 11 is 0. The third-order valence-electron chi connectivity index (χ3n) is 3.29. The molecule has 2 heterocycles. The summed E-state index contributed by atoms with van der Waals surface area (Å²) in [6.45, 7) is 1.50. The van der Waals surface area contributed by atoms with Gasteiger partial charge in [-0.15, -0.1) is 0 Å². The van der Waals surface area contributed by atoms with Gasteiger partial charge in [0, 0.05) is 19.3 Å². The molecule has 0 unspecified atom stereocenters. The lowest BCUT2D eigenvalue weighted by atomic mass is 9.96. The molecule has 0 aliphatic carbocycles. The van der Waals surface area contributed by atoms with E-state index in [4.69, 9.17) is 10.00 Å². The van der Waals surface area contributed by atoms with Crippen LogP contribution in [0.5, 0.6) is 0 Å². The van der Waals surface area contributed by atoms with Crippen molar-refractivity contribution in [2.24, 2.45) is 5.92 Å². The Labute approximate surface area is 106 Å². The number of hydrogen-bond donors (Lipinski definition) is 0. The zero-order chi connectivity index (χ0) is 13.0. The largest absolute Gasteiger partial charge is 0.469 e. The van der Waals surface area contributed by atoms with E-state index >= 15 is 0 Å². The van der Waals surface area contributed by atoms with Crippen molar-refractivity contribution >= 4 is 11.7 Å². The van der Waals surface area contributed by atoms with Crippen LogP contribution in [-0.4, -0.2) is 31.2 Å². The fraction of sp³-hybridized carbons (Fsp3) is 0.462. The molecule has 2 rings (SSSR count). The Balaban J connectivity index is 2.06. The Bertz CT molecular complexity index is 473. The number of hydrogen-bond acceptors (Lipinski definition) is 5. The van der Waals surface area contributed by atoms with Crippen molar-refractivity contribution < 1.29 is 9.53 Å². The van der Waals surface area contributed by atoms with Gasteiger partial charge in [-0.3, -0.25) is 9.78 Å². The first-order chi connectivity index (χ1) is 8.76. The van der Waals surface area contributed by atoms with Gasteiger partial charge in [0.1, 0.15) is 6.07 Å². The molecule has 0 spiro atoms. The molecule has 5 nitrogen and oxygen atoms in total. The van der Waals surface area contributed by atoms with E-state index in [1.165, 1.54) is 7.11 Å². The molecule has 0 radical (unpaired) electrons. The van der Waals surface area contributed by atoms with Gasteiger partial charge in [-0.05, 0) is 18.9 Å². The number of piperidine rings is 1. The monoisotopic (exact) mass is 245 g/mol. The zero-order valence-corrected chi connectivity index (χ0v) is 10.3. The molecule has 1 aromatic rings. The highest BCUT2D eigenvalue weighted by Gasteiger charge is 2.26. The Morgan fingerprint density at radius 3 is 2.89 bits per heavy atom. The number of aromatic nitrogens is 1. The molecule has 18 heavy (non-hydrogen) atoms. The number of nitrogens with zero attached hydrogens (tertiary/aromatic N) is 3. The smallest absolute Gasteiger partial charge is 0.308 e. The van der Waals surface area contributed by atoms with Gasteiger partial charge in [-0.25, -0.2) is 0 Å². The summed E-state index contributed by atoms with van der Waals surface area (Å²) in [5, 5.41) is 9.05. The second-order valence-corrected chi connectivity index (χ2v) is 4.29. The Kier molecular flexibility index (Phi) is 3.78. The molecule has 1 fully saturated rings. The standard InChI is InChI=1S/C13H15N3O2/c1-18-13(17)10-3-6-16(7-4-10)12-9-15-5-2-11(12)8-14/h2,5,9-10H,3-4,6-7H2,1H3. The van der Waals surface area contributed by atoms with E-state index in [2.05, 4.69) is 16.0 Å². The van der Waals surface area contributed by atoms with Gasteiger partial charge in [0.05, 0.1) is 30.5 Å². The normalized spacial score (nSPS) is 16.1. The van der Waals surface area contributed by atoms with Crippen molar-refractivity contribution in [3.8, 4) is 6.07 Å². The maximum absolute atomic E-state index is 11.4. The van der Waals surface area contributed by atoms with E-state index in [0.29, 0.717) is 5.56 Å². The molecular weight excluding hydrogens is 230 g/mol. The zero-order valence-electron chi connectivity index (χ0n) is 10.3. The lowest BCUT2D eigenvalue weighted by molar-refractivity contribution is -0.146. The minimum Gasteiger partial charge on any atom is -0.469 e. The van der Waals surface area contributed by atoms with Gasteiger partial charge in [0.25, 0.3) is 0 Å². The second-order valence-electron chi connectivity index (χ2n) is 4.29. The van der Waals surface area contributed by atoms with Crippen molar-refractivity contribution in [1.82, 2.24) is 4.98 Å². The molecule has 1 aliphatic rings. The van der Waals surface area contributed by atoms with Gasteiger partial charge in [0.2, 0.25) is 0 Å². The Hall–Kier alpha value is -2.09. The molecule has 1 aliphatic heterocycles. The quantitative estimate of drug-likeness (QED) is 0.736. The molecule has 0 bridgehead atoms. The van der Waals surface area contributed by atoms with Crippen LogP contribution in [0.4, 0.5) is 5.69 Å². The molecule has 1 saturated heterocycles. The van der Waals surface area contributed by atoms with Gasteiger partial charge in [-0.2, -0.15) is 5.26 Å². The van der Waals surface area contributed by atoms with Crippen molar-refractivity contribution in [2.75, 3.05) is 25.1 Å². The molecular formula is C13H15N3O2. The first-order valence-corrected chi connectivity index (χ1v) is 5.93. The molecule has 0 amide bonds. The van der Waals surface area contributed by atoms with E-state index < -0.39 is 0 Å². The topological polar surface area (TPSA) is 66.2 Å². The van der Waals surface area contributed by atoms with Crippen LogP contribution in [0.25, 0.3) is 0 Å². The number of rotatable bonds is 2. The summed E-state index contributed by atoms with van der Waals surface area (Å²) in [7, 11) is 1.42. The minimum absolute atomic E-state index is 0.0199. The van der Waals surface area contributed by atoms with E-state index in [9.17, 15) is 4.79 Å². The molecule has 0 N–H and O–H groups in total. The highest BCUT2D eigenvalue weighted by molar-refractivity contribution is 5.72. The summed E-state index contributed by atoms with van der Waals surface area (Å²) in [6.07, 6.45) is 4.83. The van der Waals surface area contributed by atoms with Crippen LogP contribution in [0.3, 0.4) is 0 Å². The van der Waals surface area contributed by atoms with Crippen LogP contribution in [0.15, 0.2) is 18.5 Å². The predicted molar refractivity (Wildman–Crippen MR) is 65.9 cm³/mol.